The Morgan fingerprint density at radius 2 is 2.16 bits per heavy atom. The molecule has 100 valence electrons. The molecule has 0 saturated heterocycles. The van der Waals surface area contributed by atoms with E-state index in [-0.39, 0.29) is 12.5 Å². The predicted molar refractivity (Wildman–Crippen MR) is 75.6 cm³/mol. The van der Waals surface area contributed by atoms with Crippen molar-refractivity contribution in [2.24, 2.45) is 0 Å². The maximum absolute atomic E-state index is 11.7. The molecule has 2 aromatic rings. The molecular weight excluding hydrogens is 284 g/mol. The van der Waals surface area contributed by atoms with Crippen LogP contribution in [0.5, 0.6) is 0 Å². The quantitative estimate of drug-likeness (QED) is 0.911. The van der Waals surface area contributed by atoms with Crippen LogP contribution >= 0.6 is 22.9 Å². The number of aromatic nitrogens is 1. The molecule has 19 heavy (non-hydrogen) atoms. The number of thiazole rings is 1. The summed E-state index contributed by atoms with van der Waals surface area (Å²) in [6.07, 6.45) is -0.763. The average Bonchev–Trinajstić information content (AvgIpc) is 2.83. The van der Waals surface area contributed by atoms with Gasteiger partial charge in [-0.3, -0.25) is 4.79 Å². The van der Waals surface area contributed by atoms with Gasteiger partial charge in [0.2, 0.25) is 0 Å². The zero-order chi connectivity index (χ0) is 13.8. The smallest absolute Gasteiger partial charge is 0.270 e. The van der Waals surface area contributed by atoms with Gasteiger partial charge < -0.3 is 10.4 Å². The second-order valence-electron chi connectivity index (χ2n) is 4.03. The van der Waals surface area contributed by atoms with Gasteiger partial charge in [0.15, 0.2) is 0 Å². The summed E-state index contributed by atoms with van der Waals surface area (Å²) >= 11 is 7.18. The number of rotatable bonds is 4. The fourth-order valence-corrected chi connectivity index (χ4v) is 2.27. The molecule has 0 aliphatic carbocycles. The topological polar surface area (TPSA) is 62.2 Å². The number of amides is 1. The number of hydrogen-bond acceptors (Lipinski definition) is 4. The Morgan fingerprint density at radius 1 is 1.47 bits per heavy atom. The Balaban J connectivity index is 1.91. The molecule has 6 heteroatoms. The van der Waals surface area contributed by atoms with Gasteiger partial charge in [-0.05, 0) is 24.6 Å². The first-order valence-electron chi connectivity index (χ1n) is 5.70. The lowest BCUT2D eigenvalue weighted by atomic mass is 10.1. The molecule has 0 aliphatic rings. The number of aryl methyl sites for hydroxylation is 1. The molecule has 0 saturated carbocycles. The van der Waals surface area contributed by atoms with E-state index in [1.54, 1.807) is 29.6 Å². The Bertz CT molecular complexity index is 568. The molecule has 2 rings (SSSR count). The van der Waals surface area contributed by atoms with Crippen LogP contribution in [0.2, 0.25) is 5.02 Å². The highest BCUT2D eigenvalue weighted by atomic mass is 35.5. The van der Waals surface area contributed by atoms with Crippen LogP contribution in [0.15, 0.2) is 29.6 Å². The fraction of sp³-hybridized carbons (Fsp3) is 0.231. The van der Waals surface area contributed by atoms with E-state index in [0.717, 1.165) is 5.01 Å². The summed E-state index contributed by atoms with van der Waals surface area (Å²) in [6, 6.07) is 6.86. The molecule has 1 aromatic heterocycles. The highest BCUT2D eigenvalue weighted by Gasteiger charge is 2.12. The second kappa shape index (κ2) is 6.14. The van der Waals surface area contributed by atoms with Gasteiger partial charge in [-0.15, -0.1) is 11.3 Å². The number of aliphatic hydroxyl groups excluding tert-OH is 1. The lowest BCUT2D eigenvalue weighted by molar-refractivity contribution is 0.0912. The van der Waals surface area contributed by atoms with Gasteiger partial charge in [-0.2, -0.15) is 0 Å². The van der Waals surface area contributed by atoms with Crippen LogP contribution in [0.3, 0.4) is 0 Å². The summed E-state index contributed by atoms with van der Waals surface area (Å²) in [6.45, 7) is 1.97. The maximum Gasteiger partial charge on any atom is 0.270 e. The number of carbonyl (C=O) groups is 1. The maximum atomic E-state index is 11.7. The molecule has 0 unspecified atom stereocenters. The molecule has 2 N–H and O–H groups in total. The summed E-state index contributed by atoms with van der Waals surface area (Å²) in [4.78, 5) is 15.8. The summed E-state index contributed by atoms with van der Waals surface area (Å²) in [5.74, 6) is -0.280. The number of hydrogen-bond donors (Lipinski definition) is 2. The molecule has 1 atom stereocenters. The molecule has 0 radical (unpaired) electrons. The van der Waals surface area contributed by atoms with Crippen LogP contribution in [-0.4, -0.2) is 22.5 Å². The van der Waals surface area contributed by atoms with Crippen LogP contribution in [0.25, 0.3) is 0 Å². The normalized spacial score (nSPS) is 12.2. The highest BCUT2D eigenvalue weighted by Crippen LogP contribution is 2.16. The van der Waals surface area contributed by atoms with Crippen molar-refractivity contribution in [2.75, 3.05) is 6.54 Å². The Morgan fingerprint density at radius 3 is 2.74 bits per heavy atom. The van der Waals surface area contributed by atoms with Crippen molar-refractivity contribution in [3.05, 3.63) is 50.9 Å². The summed E-state index contributed by atoms with van der Waals surface area (Å²) < 4.78 is 0. The standard InChI is InChI=1S/C13H13ClN2O2S/c1-8-16-11(7-19-8)13(18)15-6-12(17)9-2-4-10(14)5-3-9/h2-5,7,12,17H,6H2,1H3,(H,15,18)/t12-/m0/s1. The molecule has 4 nitrogen and oxygen atoms in total. The summed E-state index contributed by atoms with van der Waals surface area (Å²) in [5.41, 5.74) is 1.09. The first-order valence-corrected chi connectivity index (χ1v) is 6.96. The van der Waals surface area contributed by atoms with Crippen molar-refractivity contribution in [3.63, 3.8) is 0 Å². The lowest BCUT2D eigenvalue weighted by Crippen LogP contribution is -2.28. The van der Waals surface area contributed by atoms with Gasteiger partial charge in [-0.1, -0.05) is 23.7 Å². The van der Waals surface area contributed by atoms with Gasteiger partial charge in [0, 0.05) is 16.9 Å². The van der Waals surface area contributed by atoms with E-state index in [1.807, 2.05) is 6.92 Å². The molecule has 1 aromatic carbocycles. The summed E-state index contributed by atoms with van der Waals surface area (Å²) in [5, 5.41) is 15.7. The monoisotopic (exact) mass is 296 g/mol. The minimum atomic E-state index is -0.763. The van der Waals surface area contributed by atoms with Crippen molar-refractivity contribution in [2.45, 2.75) is 13.0 Å². The van der Waals surface area contributed by atoms with Crippen molar-refractivity contribution in [1.29, 1.82) is 0 Å². The van der Waals surface area contributed by atoms with Gasteiger partial charge >= 0.3 is 0 Å². The predicted octanol–water partition coefficient (Wildman–Crippen LogP) is 2.57. The molecule has 1 amide bonds. The first-order chi connectivity index (χ1) is 9.06. The number of nitrogens with one attached hydrogen (secondary N) is 1. The van der Waals surface area contributed by atoms with Crippen LogP contribution < -0.4 is 5.32 Å². The minimum absolute atomic E-state index is 0.136. The molecule has 0 spiro atoms. The molecule has 0 fully saturated rings. The number of carbonyl (C=O) groups excluding carboxylic acids is 1. The van der Waals surface area contributed by atoms with Gasteiger partial charge in [0.1, 0.15) is 5.69 Å². The van der Waals surface area contributed by atoms with Crippen molar-refractivity contribution in [3.8, 4) is 0 Å². The molecule has 1 heterocycles. The number of benzene rings is 1. The number of halogens is 1. The van der Waals surface area contributed by atoms with E-state index in [4.69, 9.17) is 11.6 Å². The van der Waals surface area contributed by atoms with E-state index in [2.05, 4.69) is 10.3 Å². The van der Waals surface area contributed by atoms with Crippen molar-refractivity contribution >= 4 is 28.8 Å². The van der Waals surface area contributed by atoms with Crippen LogP contribution in [-0.2, 0) is 0 Å². The summed E-state index contributed by atoms with van der Waals surface area (Å²) in [7, 11) is 0. The van der Waals surface area contributed by atoms with Crippen molar-refractivity contribution < 1.29 is 9.90 Å². The Labute approximate surface area is 120 Å². The van der Waals surface area contributed by atoms with E-state index < -0.39 is 6.10 Å². The third kappa shape index (κ3) is 3.76. The zero-order valence-corrected chi connectivity index (χ0v) is 11.8. The minimum Gasteiger partial charge on any atom is -0.387 e. The molecular formula is C13H13ClN2O2S. The van der Waals surface area contributed by atoms with Gasteiger partial charge in [-0.25, -0.2) is 4.98 Å². The highest BCUT2D eigenvalue weighted by molar-refractivity contribution is 7.09. The second-order valence-corrected chi connectivity index (χ2v) is 5.53. The van der Waals surface area contributed by atoms with E-state index in [1.165, 1.54) is 11.3 Å². The largest absolute Gasteiger partial charge is 0.387 e. The third-order valence-corrected chi connectivity index (χ3v) is 3.59. The van der Waals surface area contributed by atoms with Gasteiger partial charge in [0.25, 0.3) is 5.91 Å². The molecule has 0 aliphatic heterocycles. The third-order valence-electron chi connectivity index (χ3n) is 2.56. The number of nitrogens with zero attached hydrogens (tertiary/aromatic N) is 1. The SMILES string of the molecule is Cc1nc(C(=O)NC[C@H](O)c2ccc(Cl)cc2)cs1. The van der Waals surface area contributed by atoms with Gasteiger partial charge in [0.05, 0.1) is 11.1 Å². The Hall–Kier alpha value is -1.43. The Kier molecular flexibility index (Phi) is 4.52. The zero-order valence-electron chi connectivity index (χ0n) is 10.3. The molecule has 0 bridgehead atoms. The van der Waals surface area contributed by atoms with E-state index in [9.17, 15) is 9.90 Å². The lowest BCUT2D eigenvalue weighted by Gasteiger charge is -2.11. The van der Waals surface area contributed by atoms with E-state index >= 15 is 0 Å². The van der Waals surface area contributed by atoms with Crippen molar-refractivity contribution in [1.82, 2.24) is 10.3 Å². The van der Waals surface area contributed by atoms with Crippen LogP contribution in [0, 0.1) is 6.92 Å². The fourth-order valence-electron chi connectivity index (χ4n) is 1.55. The average molecular weight is 297 g/mol. The van der Waals surface area contributed by atoms with Crippen LogP contribution in [0.1, 0.15) is 27.2 Å². The van der Waals surface area contributed by atoms with Crippen LogP contribution in [0.4, 0.5) is 0 Å². The van der Waals surface area contributed by atoms with E-state index in [0.29, 0.717) is 16.3 Å². The first kappa shape index (κ1) is 14.0. The number of aliphatic hydroxyl groups is 1.